The van der Waals surface area contributed by atoms with Crippen LogP contribution in [0.2, 0.25) is 0 Å². The summed E-state index contributed by atoms with van der Waals surface area (Å²) in [4.78, 5) is 0. The zero-order chi connectivity index (χ0) is 9.47. The number of benzene rings is 1. The molecule has 1 heteroatoms. The van der Waals surface area contributed by atoms with Crippen molar-refractivity contribution in [1.29, 1.82) is 0 Å². The Balaban J connectivity index is 2.39. The number of ether oxygens (including phenoxy) is 1. The van der Waals surface area contributed by atoms with Crippen LogP contribution in [0.25, 0.3) is 0 Å². The summed E-state index contributed by atoms with van der Waals surface area (Å²) in [6.45, 7) is 6.66. The third kappa shape index (κ3) is 1.43. The van der Waals surface area contributed by atoms with Gasteiger partial charge in [-0.15, -0.1) is 0 Å². The Morgan fingerprint density at radius 2 is 2.00 bits per heavy atom. The van der Waals surface area contributed by atoms with Gasteiger partial charge in [-0.25, -0.2) is 0 Å². The van der Waals surface area contributed by atoms with Gasteiger partial charge in [0.1, 0.15) is 11.9 Å². The molecule has 1 atom stereocenters. The van der Waals surface area contributed by atoms with E-state index in [2.05, 4.69) is 39.0 Å². The quantitative estimate of drug-likeness (QED) is 0.590. The van der Waals surface area contributed by atoms with Crippen LogP contribution in [-0.2, 0) is 6.42 Å². The fourth-order valence-electron chi connectivity index (χ4n) is 1.75. The number of hydrogen-bond donors (Lipinski definition) is 0. The lowest BCUT2D eigenvalue weighted by atomic mass is 9.79. The van der Waals surface area contributed by atoms with Gasteiger partial charge in [0, 0.05) is 5.41 Å². The summed E-state index contributed by atoms with van der Waals surface area (Å²) < 4.78 is 5.85. The van der Waals surface area contributed by atoms with Crippen LogP contribution in [0.15, 0.2) is 24.3 Å². The van der Waals surface area contributed by atoms with Crippen LogP contribution >= 0.6 is 0 Å². The average molecular weight is 176 g/mol. The summed E-state index contributed by atoms with van der Waals surface area (Å²) in [5, 5.41) is 0. The normalized spacial score (nSPS) is 24.7. The van der Waals surface area contributed by atoms with Crippen LogP contribution in [0.1, 0.15) is 26.3 Å². The Hall–Kier alpha value is -0.980. The molecule has 0 aliphatic carbocycles. The number of para-hydroxylation sites is 1. The highest BCUT2D eigenvalue weighted by Crippen LogP contribution is 2.37. The zero-order valence-corrected chi connectivity index (χ0v) is 8.50. The average Bonchev–Trinajstić information content (AvgIpc) is 2.06. The van der Waals surface area contributed by atoms with Gasteiger partial charge in [-0.05, 0) is 25.0 Å². The number of hydrogen-bond acceptors (Lipinski definition) is 1. The van der Waals surface area contributed by atoms with Crippen LogP contribution in [0.5, 0.6) is 5.75 Å². The lowest BCUT2D eigenvalue weighted by molar-refractivity contribution is 0.0685. The fourth-order valence-corrected chi connectivity index (χ4v) is 1.75. The van der Waals surface area contributed by atoms with Gasteiger partial charge < -0.3 is 4.74 Å². The molecule has 1 aromatic rings. The second kappa shape index (κ2) is 2.76. The zero-order valence-electron chi connectivity index (χ0n) is 8.50. The van der Waals surface area contributed by atoms with Crippen molar-refractivity contribution >= 4 is 0 Å². The van der Waals surface area contributed by atoms with E-state index in [4.69, 9.17) is 4.74 Å². The molecular weight excluding hydrogens is 160 g/mol. The van der Waals surface area contributed by atoms with E-state index in [0.29, 0.717) is 6.10 Å². The molecule has 0 spiro atoms. The van der Waals surface area contributed by atoms with Crippen LogP contribution in [0, 0.1) is 5.41 Å². The second-order valence-corrected chi connectivity index (χ2v) is 4.53. The lowest BCUT2D eigenvalue weighted by Gasteiger charge is -2.37. The standard InChI is InChI=1S/C12H16O/c1-9-12(2,3)8-10-6-4-5-7-11(10)13-9/h4-7,9H,8H2,1-3H3. The van der Waals surface area contributed by atoms with Crippen molar-refractivity contribution in [1.82, 2.24) is 0 Å². The van der Waals surface area contributed by atoms with E-state index in [1.165, 1.54) is 5.56 Å². The van der Waals surface area contributed by atoms with Crippen molar-refractivity contribution in [3.8, 4) is 5.75 Å². The van der Waals surface area contributed by atoms with E-state index in [9.17, 15) is 0 Å². The number of fused-ring (bicyclic) bond motifs is 1. The topological polar surface area (TPSA) is 9.23 Å². The molecule has 0 amide bonds. The molecular formula is C12H16O. The third-order valence-electron chi connectivity index (χ3n) is 3.02. The largest absolute Gasteiger partial charge is 0.490 e. The maximum absolute atomic E-state index is 5.85. The van der Waals surface area contributed by atoms with E-state index in [-0.39, 0.29) is 5.41 Å². The molecule has 0 bridgehead atoms. The van der Waals surface area contributed by atoms with E-state index in [0.717, 1.165) is 12.2 Å². The Labute approximate surface area is 79.7 Å². The first-order valence-corrected chi connectivity index (χ1v) is 4.84. The predicted molar refractivity (Wildman–Crippen MR) is 54.0 cm³/mol. The monoisotopic (exact) mass is 176 g/mol. The summed E-state index contributed by atoms with van der Waals surface area (Å²) in [6, 6.07) is 8.32. The van der Waals surface area contributed by atoms with Crippen LogP contribution in [0.4, 0.5) is 0 Å². The predicted octanol–water partition coefficient (Wildman–Crippen LogP) is 3.04. The van der Waals surface area contributed by atoms with Crippen LogP contribution in [0.3, 0.4) is 0 Å². The fraction of sp³-hybridized carbons (Fsp3) is 0.500. The molecule has 1 heterocycles. The smallest absolute Gasteiger partial charge is 0.122 e. The molecule has 0 N–H and O–H groups in total. The van der Waals surface area contributed by atoms with Gasteiger partial charge in [-0.2, -0.15) is 0 Å². The second-order valence-electron chi connectivity index (χ2n) is 4.53. The summed E-state index contributed by atoms with van der Waals surface area (Å²) >= 11 is 0. The molecule has 2 rings (SSSR count). The van der Waals surface area contributed by atoms with E-state index >= 15 is 0 Å². The molecule has 70 valence electrons. The molecule has 0 fully saturated rings. The van der Waals surface area contributed by atoms with Crippen LogP contribution < -0.4 is 4.74 Å². The Bertz CT molecular complexity index is 315. The van der Waals surface area contributed by atoms with Gasteiger partial charge in [0.15, 0.2) is 0 Å². The van der Waals surface area contributed by atoms with E-state index in [1.54, 1.807) is 0 Å². The summed E-state index contributed by atoms with van der Waals surface area (Å²) in [5.41, 5.74) is 1.60. The molecule has 0 radical (unpaired) electrons. The van der Waals surface area contributed by atoms with Gasteiger partial charge >= 0.3 is 0 Å². The minimum Gasteiger partial charge on any atom is -0.490 e. The third-order valence-corrected chi connectivity index (χ3v) is 3.02. The Kier molecular flexibility index (Phi) is 1.83. The van der Waals surface area contributed by atoms with Gasteiger partial charge in [0.05, 0.1) is 0 Å². The highest BCUT2D eigenvalue weighted by Gasteiger charge is 2.33. The highest BCUT2D eigenvalue weighted by molar-refractivity contribution is 5.36. The SMILES string of the molecule is CC1Oc2ccccc2CC1(C)C. The van der Waals surface area contributed by atoms with Crippen molar-refractivity contribution in [3.05, 3.63) is 29.8 Å². The first kappa shape index (κ1) is 8.61. The molecule has 0 saturated carbocycles. The molecule has 0 saturated heterocycles. The summed E-state index contributed by atoms with van der Waals surface area (Å²) in [5.74, 6) is 1.06. The number of rotatable bonds is 0. The van der Waals surface area contributed by atoms with Crippen LogP contribution in [-0.4, -0.2) is 6.10 Å². The molecule has 1 unspecified atom stereocenters. The van der Waals surface area contributed by atoms with Crippen molar-refractivity contribution in [2.45, 2.75) is 33.3 Å². The van der Waals surface area contributed by atoms with Crippen molar-refractivity contribution in [2.24, 2.45) is 5.41 Å². The summed E-state index contributed by atoms with van der Waals surface area (Å²) in [6.07, 6.45) is 1.42. The Morgan fingerprint density at radius 3 is 2.77 bits per heavy atom. The van der Waals surface area contributed by atoms with E-state index < -0.39 is 0 Å². The minimum atomic E-state index is 0.258. The minimum absolute atomic E-state index is 0.258. The molecule has 1 nitrogen and oxygen atoms in total. The first-order valence-electron chi connectivity index (χ1n) is 4.84. The maximum atomic E-state index is 5.85. The maximum Gasteiger partial charge on any atom is 0.122 e. The first-order chi connectivity index (χ1) is 6.09. The van der Waals surface area contributed by atoms with Crippen molar-refractivity contribution in [2.75, 3.05) is 0 Å². The Morgan fingerprint density at radius 1 is 1.31 bits per heavy atom. The molecule has 1 aliphatic heterocycles. The van der Waals surface area contributed by atoms with Gasteiger partial charge in [0.25, 0.3) is 0 Å². The van der Waals surface area contributed by atoms with Crippen molar-refractivity contribution < 1.29 is 4.74 Å². The summed E-state index contributed by atoms with van der Waals surface area (Å²) in [7, 11) is 0. The molecule has 1 aliphatic rings. The van der Waals surface area contributed by atoms with Gasteiger partial charge in [-0.1, -0.05) is 32.0 Å². The van der Waals surface area contributed by atoms with Gasteiger partial charge in [-0.3, -0.25) is 0 Å². The molecule has 0 aromatic heterocycles. The molecule has 1 aromatic carbocycles. The van der Waals surface area contributed by atoms with Gasteiger partial charge in [0.2, 0.25) is 0 Å². The highest BCUT2D eigenvalue weighted by atomic mass is 16.5. The lowest BCUT2D eigenvalue weighted by Crippen LogP contribution is -2.37. The molecule has 13 heavy (non-hydrogen) atoms. The van der Waals surface area contributed by atoms with E-state index in [1.807, 2.05) is 6.07 Å². The van der Waals surface area contributed by atoms with Crippen molar-refractivity contribution in [3.63, 3.8) is 0 Å².